The van der Waals surface area contributed by atoms with Gasteiger partial charge in [0, 0.05) is 14.1 Å². The predicted molar refractivity (Wildman–Crippen MR) is 64.9 cm³/mol. The van der Waals surface area contributed by atoms with Crippen LogP contribution in [-0.4, -0.2) is 24.9 Å². The third-order valence-electron chi connectivity index (χ3n) is 1.91. The first kappa shape index (κ1) is 14.4. The zero-order valence-corrected chi connectivity index (χ0v) is 10.5. The molecule has 0 saturated heterocycles. The van der Waals surface area contributed by atoms with Gasteiger partial charge in [0.05, 0.1) is 11.3 Å². The van der Waals surface area contributed by atoms with Gasteiger partial charge in [-0.3, -0.25) is 4.79 Å². The molecule has 3 nitrogen and oxygen atoms in total. The first-order valence-electron chi connectivity index (χ1n) is 5.20. The number of hydrogen-bond acceptors (Lipinski definition) is 2. The smallest absolute Gasteiger partial charge is 0.255 e. The van der Waals surface area contributed by atoms with Crippen LogP contribution < -0.4 is 5.73 Å². The lowest BCUT2D eigenvalue weighted by Gasteiger charge is -2.13. The molecule has 1 rings (SSSR count). The van der Waals surface area contributed by atoms with Crippen molar-refractivity contribution in [2.75, 3.05) is 19.8 Å². The Hall–Kier alpha value is -1.58. The number of carbonyl (C=O) groups is 1. The second-order valence-electron chi connectivity index (χ2n) is 3.41. The Kier molecular flexibility index (Phi) is 5.50. The van der Waals surface area contributed by atoms with Gasteiger partial charge in [-0.15, -0.1) is 0 Å². The van der Waals surface area contributed by atoms with Gasteiger partial charge in [0.15, 0.2) is 0 Å². The minimum absolute atomic E-state index is 0.0886. The van der Waals surface area contributed by atoms with Gasteiger partial charge in [-0.25, -0.2) is 4.39 Å². The first-order valence-corrected chi connectivity index (χ1v) is 5.20. The molecule has 1 aromatic rings. The van der Waals surface area contributed by atoms with Crippen molar-refractivity contribution in [3.05, 3.63) is 29.1 Å². The summed E-state index contributed by atoms with van der Waals surface area (Å²) in [5, 5.41) is 0. The van der Waals surface area contributed by atoms with Crippen LogP contribution in [0.25, 0.3) is 0 Å². The third-order valence-corrected chi connectivity index (χ3v) is 1.91. The van der Waals surface area contributed by atoms with E-state index in [9.17, 15) is 9.18 Å². The number of benzene rings is 1. The van der Waals surface area contributed by atoms with Gasteiger partial charge in [0.1, 0.15) is 5.82 Å². The first-order chi connectivity index (χ1) is 7.43. The van der Waals surface area contributed by atoms with Crippen LogP contribution in [0, 0.1) is 12.7 Å². The Bertz CT molecular complexity index is 376. The van der Waals surface area contributed by atoms with E-state index in [-0.39, 0.29) is 17.2 Å². The highest BCUT2D eigenvalue weighted by Crippen LogP contribution is 2.19. The van der Waals surface area contributed by atoms with E-state index in [1.807, 2.05) is 13.8 Å². The molecule has 0 atom stereocenters. The number of amides is 1. The quantitative estimate of drug-likeness (QED) is 0.748. The summed E-state index contributed by atoms with van der Waals surface area (Å²) in [5.74, 6) is -0.833. The molecule has 1 aromatic carbocycles. The molecular formula is C12H19FN2O. The Balaban J connectivity index is 0.00000106. The molecule has 0 spiro atoms. The number of nitrogens with two attached hydrogens (primary N) is 1. The molecule has 0 radical (unpaired) electrons. The maximum atomic E-state index is 13.2. The summed E-state index contributed by atoms with van der Waals surface area (Å²) in [5.41, 5.74) is 6.28. The van der Waals surface area contributed by atoms with E-state index in [1.165, 1.54) is 11.0 Å². The molecule has 0 aromatic heterocycles. The lowest BCUT2D eigenvalue weighted by atomic mass is 10.1. The highest BCUT2D eigenvalue weighted by Gasteiger charge is 2.15. The SMILES string of the molecule is CC.Cc1cc(F)c(N)c(C(=O)N(C)C)c1. The monoisotopic (exact) mass is 226 g/mol. The normalized spacial score (nSPS) is 9.12. The Labute approximate surface area is 96.1 Å². The van der Waals surface area contributed by atoms with E-state index in [4.69, 9.17) is 5.73 Å². The number of nitrogens with zero attached hydrogens (tertiary/aromatic N) is 1. The van der Waals surface area contributed by atoms with E-state index < -0.39 is 5.82 Å². The topological polar surface area (TPSA) is 46.3 Å². The van der Waals surface area contributed by atoms with Gasteiger partial charge in [0.2, 0.25) is 0 Å². The highest BCUT2D eigenvalue weighted by atomic mass is 19.1. The zero-order chi connectivity index (χ0) is 12.9. The van der Waals surface area contributed by atoms with Crippen LogP contribution in [0.5, 0.6) is 0 Å². The molecule has 16 heavy (non-hydrogen) atoms. The second-order valence-corrected chi connectivity index (χ2v) is 3.41. The molecule has 0 fully saturated rings. The van der Waals surface area contributed by atoms with E-state index in [0.717, 1.165) is 0 Å². The zero-order valence-electron chi connectivity index (χ0n) is 10.5. The molecule has 0 aliphatic rings. The van der Waals surface area contributed by atoms with Gasteiger partial charge < -0.3 is 10.6 Å². The average Bonchev–Trinajstić information content (AvgIpc) is 2.25. The lowest BCUT2D eigenvalue weighted by Crippen LogP contribution is -2.23. The van der Waals surface area contributed by atoms with Crippen LogP contribution >= 0.6 is 0 Å². The maximum Gasteiger partial charge on any atom is 0.255 e. The van der Waals surface area contributed by atoms with E-state index in [0.29, 0.717) is 5.56 Å². The van der Waals surface area contributed by atoms with Crippen molar-refractivity contribution in [2.45, 2.75) is 20.8 Å². The molecule has 0 aliphatic heterocycles. The molecule has 90 valence electrons. The summed E-state index contributed by atoms with van der Waals surface area (Å²) in [6, 6.07) is 2.89. The van der Waals surface area contributed by atoms with Crippen LogP contribution in [0.1, 0.15) is 29.8 Å². The van der Waals surface area contributed by atoms with Gasteiger partial charge in [-0.2, -0.15) is 0 Å². The summed E-state index contributed by atoms with van der Waals surface area (Å²) in [6.07, 6.45) is 0. The summed E-state index contributed by atoms with van der Waals surface area (Å²) in [4.78, 5) is 12.9. The fourth-order valence-corrected chi connectivity index (χ4v) is 1.17. The van der Waals surface area contributed by atoms with Crippen LogP contribution in [0.4, 0.5) is 10.1 Å². The van der Waals surface area contributed by atoms with Crippen molar-refractivity contribution in [3.63, 3.8) is 0 Å². The van der Waals surface area contributed by atoms with Crippen molar-refractivity contribution in [1.82, 2.24) is 4.90 Å². The summed E-state index contributed by atoms with van der Waals surface area (Å²) in [7, 11) is 3.20. The summed E-state index contributed by atoms with van der Waals surface area (Å²) < 4.78 is 13.2. The Morgan fingerprint density at radius 1 is 1.31 bits per heavy atom. The van der Waals surface area contributed by atoms with Gasteiger partial charge in [-0.1, -0.05) is 13.8 Å². The number of halogens is 1. The number of anilines is 1. The third kappa shape index (κ3) is 3.22. The predicted octanol–water partition coefficient (Wildman–Crippen LogP) is 2.44. The van der Waals surface area contributed by atoms with Gasteiger partial charge >= 0.3 is 0 Å². The minimum atomic E-state index is -0.546. The molecular weight excluding hydrogens is 207 g/mol. The summed E-state index contributed by atoms with van der Waals surface area (Å²) in [6.45, 7) is 5.72. The number of aryl methyl sites for hydroxylation is 1. The molecule has 2 N–H and O–H groups in total. The fraction of sp³-hybridized carbons (Fsp3) is 0.417. The van der Waals surface area contributed by atoms with Crippen LogP contribution in [0.3, 0.4) is 0 Å². The lowest BCUT2D eigenvalue weighted by molar-refractivity contribution is 0.0828. The molecule has 1 amide bonds. The maximum absolute atomic E-state index is 13.2. The second kappa shape index (κ2) is 6.10. The van der Waals surface area contributed by atoms with Crippen molar-refractivity contribution in [1.29, 1.82) is 0 Å². The Morgan fingerprint density at radius 3 is 2.25 bits per heavy atom. The van der Waals surface area contributed by atoms with Crippen molar-refractivity contribution < 1.29 is 9.18 Å². The molecule has 0 bridgehead atoms. The van der Waals surface area contributed by atoms with E-state index in [2.05, 4.69) is 0 Å². The number of carbonyl (C=O) groups excluding carboxylic acids is 1. The summed E-state index contributed by atoms with van der Waals surface area (Å²) >= 11 is 0. The van der Waals surface area contributed by atoms with Crippen LogP contribution in [0.2, 0.25) is 0 Å². The molecule has 0 saturated carbocycles. The van der Waals surface area contributed by atoms with Crippen LogP contribution in [-0.2, 0) is 0 Å². The Morgan fingerprint density at radius 2 is 1.81 bits per heavy atom. The van der Waals surface area contributed by atoms with Gasteiger partial charge in [-0.05, 0) is 24.6 Å². The van der Waals surface area contributed by atoms with E-state index in [1.54, 1.807) is 27.1 Å². The van der Waals surface area contributed by atoms with Crippen molar-refractivity contribution in [2.24, 2.45) is 0 Å². The highest BCUT2D eigenvalue weighted by molar-refractivity contribution is 5.99. The van der Waals surface area contributed by atoms with Crippen LogP contribution in [0.15, 0.2) is 12.1 Å². The number of nitrogen functional groups attached to an aromatic ring is 1. The van der Waals surface area contributed by atoms with Crippen molar-refractivity contribution in [3.8, 4) is 0 Å². The van der Waals surface area contributed by atoms with Crippen molar-refractivity contribution >= 4 is 11.6 Å². The average molecular weight is 226 g/mol. The van der Waals surface area contributed by atoms with E-state index >= 15 is 0 Å². The van der Waals surface area contributed by atoms with Gasteiger partial charge in [0.25, 0.3) is 5.91 Å². The molecule has 0 unspecified atom stereocenters. The largest absolute Gasteiger partial charge is 0.396 e. The molecule has 4 heteroatoms. The fourth-order valence-electron chi connectivity index (χ4n) is 1.17. The minimum Gasteiger partial charge on any atom is -0.396 e. The standard InChI is InChI=1S/C10H13FN2O.C2H6/c1-6-4-7(10(14)13(2)3)9(12)8(11)5-6;1-2/h4-5H,12H2,1-3H3;1-2H3. The molecule has 0 heterocycles. The number of hydrogen-bond donors (Lipinski definition) is 1. The molecule has 0 aliphatic carbocycles. The number of rotatable bonds is 1.